The summed E-state index contributed by atoms with van der Waals surface area (Å²) in [5, 5.41) is 8.43. The number of rotatable bonds is 7. The van der Waals surface area contributed by atoms with Crippen molar-refractivity contribution in [3.8, 4) is 0 Å². The molecule has 22 heavy (non-hydrogen) atoms. The van der Waals surface area contributed by atoms with Crippen molar-refractivity contribution in [3.63, 3.8) is 0 Å². The lowest BCUT2D eigenvalue weighted by Crippen LogP contribution is -2.30. The van der Waals surface area contributed by atoms with E-state index in [1.807, 2.05) is 6.92 Å². The van der Waals surface area contributed by atoms with Gasteiger partial charge in [0, 0.05) is 35.2 Å². The van der Waals surface area contributed by atoms with Crippen molar-refractivity contribution >= 4 is 17.4 Å². The first-order valence-corrected chi connectivity index (χ1v) is 8.24. The zero-order valence-corrected chi connectivity index (χ0v) is 13.6. The SMILES string of the molecule is CC1=NC2=C(C(=O)CCC2)C1(C)CCCCCCC(=O)NO. The summed E-state index contributed by atoms with van der Waals surface area (Å²) in [7, 11) is 0. The molecule has 2 rings (SSSR count). The minimum absolute atomic E-state index is 0.185. The summed E-state index contributed by atoms with van der Waals surface area (Å²) < 4.78 is 0. The Balaban J connectivity index is 1.84. The molecule has 122 valence electrons. The molecule has 1 amide bonds. The van der Waals surface area contributed by atoms with Crippen LogP contribution < -0.4 is 5.48 Å². The number of unbranched alkanes of at least 4 members (excludes halogenated alkanes) is 3. The van der Waals surface area contributed by atoms with Gasteiger partial charge in [-0.3, -0.25) is 19.8 Å². The highest BCUT2D eigenvalue weighted by Gasteiger charge is 2.42. The molecule has 2 N–H and O–H groups in total. The zero-order chi connectivity index (χ0) is 16.2. The van der Waals surface area contributed by atoms with Crippen LogP contribution in [0.1, 0.15) is 71.6 Å². The van der Waals surface area contributed by atoms with E-state index in [9.17, 15) is 9.59 Å². The smallest absolute Gasteiger partial charge is 0.243 e. The molecular formula is C17H26N2O3. The molecule has 0 spiro atoms. The minimum atomic E-state index is -0.326. The largest absolute Gasteiger partial charge is 0.294 e. The minimum Gasteiger partial charge on any atom is -0.294 e. The average molecular weight is 306 g/mol. The Hall–Kier alpha value is -1.49. The summed E-state index contributed by atoms with van der Waals surface area (Å²) in [6.07, 6.45) is 7.62. The third kappa shape index (κ3) is 3.46. The number of hydroxylamine groups is 1. The zero-order valence-electron chi connectivity index (χ0n) is 13.6. The summed E-state index contributed by atoms with van der Waals surface area (Å²) in [6.45, 7) is 4.19. The lowest BCUT2D eigenvalue weighted by atomic mass is 9.71. The first kappa shape index (κ1) is 16.9. The van der Waals surface area contributed by atoms with Crippen LogP contribution in [0.4, 0.5) is 0 Å². The number of Topliss-reactive ketones (excluding diaryl/α,β-unsaturated/α-hetero) is 1. The van der Waals surface area contributed by atoms with Gasteiger partial charge in [0.05, 0.1) is 0 Å². The summed E-state index contributed by atoms with van der Waals surface area (Å²) in [6, 6.07) is 0. The number of ketones is 1. The maximum Gasteiger partial charge on any atom is 0.243 e. The molecule has 5 heteroatoms. The molecule has 1 atom stereocenters. The Morgan fingerprint density at radius 3 is 2.73 bits per heavy atom. The Morgan fingerprint density at radius 2 is 2.00 bits per heavy atom. The van der Waals surface area contributed by atoms with E-state index < -0.39 is 0 Å². The average Bonchev–Trinajstić information content (AvgIpc) is 2.75. The quantitative estimate of drug-likeness (QED) is 0.430. The molecule has 0 aromatic rings. The van der Waals surface area contributed by atoms with E-state index in [1.54, 1.807) is 5.48 Å². The van der Waals surface area contributed by atoms with Gasteiger partial charge in [-0.25, -0.2) is 5.48 Å². The third-order valence-corrected chi connectivity index (χ3v) is 4.99. The van der Waals surface area contributed by atoms with Crippen molar-refractivity contribution in [1.82, 2.24) is 5.48 Å². The molecule has 0 saturated carbocycles. The van der Waals surface area contributed by atoms with Gasteiger partial charge in [-0.2, -0.15) is 0 Å². The van der Waals surface area contributed by atoms with Crippen molar-refractivity contribution in [2.45, 2.75) is 71.6 Å². The predicted octanol–water partition coefficient (Wildman–Crippen LogP) is 3.32. The number of amides is 1. The first-order valence-electron chi connectivity index (χ1n) is 8.24. The van der Waals surface area contributed by atoms with Crippen LogP contribution in [0.5, 0.6) is 0 Å². The van der Waals surface area contributed by atoms with Crippen LogP contribution in [-0.2, 0) is 9.59 Å². The van der Waals surface area contributed by atoms with Crippen molar-refractivity contribution in [1.29, 1.82) is 0 Å². The molecule has 0 radical (unpaired) electrons. The Labute approximate surface area is 131 Å². The number of hydrogen-bond acceptors (Lipinski definition) is 4. The Bertz CT molecular complexity index is 522. The molecule has 5 nitrogen and oxygen atoms in total. The van der Waals surface area contributed by atoms with Gasteiger partial charge < -0.3 is 0 Å². The fraction of sp³-hybridized carbons (Fsp3) is 0.706. The number of carbonyl (C=O) groups is 2. The lowest BCUT2D eigenvalue weighted by molar-refractivity contribution is -0.129. The fourth-order valence-electron chi connectivity index (χ4n) is 3.55. The van der Waals surface area contributed by atoms with Crippen molar-refractivity contribution in [3.05, 3.63) is 11.3 Å². The molecule has 2 aliphatic rings. The van der Waals surface area contributed by atoms with Crippen LogP contribution in [0.2, 0.25) is 0 Å². The maximum atomic E-state index is 12.3. The van der Waals surface area contributed by atoms with Gasteiger partial charge in [-0.15, -0.1) is 0 Å². The van der Waals surface area contributed by atoms with Crippen LogP contribution in [-0.4, -0.2) is 22.6 Å². The number of nitrogens with one attached hydrogen (secondary N) is 1. The second-order valence-electron chi connectivity index (χ2n) is 6.58. The molecular weight excluding hydrogens is 280 g/mol. The van der Waals surface area contributed by atoms with E-state index in [0.29, 0.717) is 12.8 Å². The number of hydrogen-bond donors (Lipinski definition) is 2. The summed E-state index contributed by atoms with van der Waals surface area (Å²) in [5.41, 5.74) is 4.53. The predicted molar refractivity (Wildman–Crippen MR) is 84.7 cm³/mol. The van der Waals surface area contributed by atoms with Gasteiger partial charge >= 0.3 is 0 Å². The highest BCUT2D eigenvalue weighted by molar-refractivity contribution is 6.09. The normalized spacial score (nSPS) is 24.3. The van der Waals surface area contributed by atoms with Crippen LogP contribution in [0, 0.1) is 5.41 Å². The van der Waals surface area contributed by atoms with Crippen molar-refractivity contribution < 1.29 is 14.8 Å². The van der Waals surface area contributed by atoms with Crippen LogP contribution in [0.25, 0.3) is 0 Å². The van der Waals surface area contributed by atoms with Gasteiger partial charge in [0.15, 0.2) is 5.78 Å². The van der Waals surface area contributed by atoms with Gasteiger partial charge in [0.2, 0.25) is 5.91 Å². The van der Waals surface area contributed by atoms with Gasteiger partial charge in [-0.05, 0) is 32.6 Å². The van der Waals surface area contributed by atoms with Gasteiger partial charge in [0.25, 0.3) is 0 Å². The van der Waals surface area contributed by atoms with E-state index >= 15 is 0 Å². The second kappa shape index (κ2) is 7.18. The van der Waals surface area contributed by atoms with E-state index in [2.05, 4.69) is 11.9 Å². The molecule has 1 heterocycles. The monoisotopic (exact) mass is 306 g/mol. The van der Waals surface area contributed by atoms with Crippen molar-refractivity contribution in [2.75, 3.05) is 0 Å². The van der Waals surface area contributed by atoms with E-state index in [4.69, 9.17) is 5.21 Å². The molecule has 1 unspecified atom stereocenters. The standard InChI is InChI=1S/C17H26N2O3/c1-12-17(2,11-6-4-3-5-10-15(21)19-22)16-13(18-12)8-7-9-14(16)20/h22H,3-11H2,1-2H3,(H,19,21). The highest BCUT2D eigenvalue weighted by atomic mass is 16.5. The number of aliphatic imine (C=N–C) groups is 1. The van der Waals surface area contributed by atoms with Crippen LogP contribution >= 0.6 is 0 Å². The summed E-state index contributed by atoms with van der Waals surface area (Å²) in [4.78, 5) is 27.9. The molecule has 0 saturated heterocycles. The number of nitrogens with zero attached hydrogens (tertiary/aromatic N) is 1. The first-order chi connectivity index (χ1) is 10.5. The third-order valence-electron chi connectivity index (χ3n) is 4.99. The Kier molecular flexibility index (Phi) is 5.51. The van der Waals surface area contributed by atoms with Gasteiger partial charge in [-0.1, -0.05) is 26.2 Å². The summed E-state index contributed by atoms with van der Waals surface area (Å²) >= 11 is 0. The van der Waals surface area contributed by atoms with E-state index in [-0.39, 0.29) is 17.1 Å². The molecule has 0 fully saturated rings. The van der Waals surface area contributed by atoms with Crippen LogP contribution in [0.15, 0.2) is 16.3 Å². The lowest BCUT2D eigenvalue weighted by Gasteiger charge is -2.29. The van der Waals surface area contributed by atoms with Gasteiger partial charge in [0.1, 0.15) is 0 Å². The van der Waals surface area contributed by atoms with Crippen LogP contribution in [0.3, 0.4) is 0 Å². The number of allylic oxidation sites excluding steroid dienone is 2. The topological polar surface area (TPSA) is 78.8 Å². The Morgan fingerprint density at radius 1 is 1.27 bits per heavy atom. The second-order valence-corrected chi connectivity index (χ2v) is 6.58. The van der Waals surface area contributed by atoms with E-state index in [1.165, 1.54) is 0 Å². The number of carbonyl (C=O) groups excluding carboxylic acids is 2. The van der Waals surface area contributed by atoms with Crippen molar-refractivity contribution in [2.24, 2.45) is 10.4 Å². The molecule has 0 bridgehead atoms. The molecule has 0 aromatic heterocycles. The fourth-order valence-corrected chi connectivity index (χ4v) is 3.55. The molecule has 0 aromatic carbocycles. The molecule has 1 aliphatic carbocycles. The highest BCUT2D eigenvalue weighted by Crippen LogP contribution is 2.46. The molecule has 1 aliphatic heterocycles. The maximum absolute atomic E-state index is 12.3. The summed E-state index contributed by atoms with van der Waals surface area (Å²) in [5.74, 6) is -0.0442. The van der Waals surface area contributed by atoms with E-state index in [0.717, 1.165) is 61.9 Å².